The maximum absolute atomic E-state index is 2.33. The molecule has 0 fully saturated rings. The van der Waals surface area contributed by atoms with E-state index in [9.17, 15) is 0 Å². The fraction of sp³-hybridized carbons (Fsp3) is 0.231. The fourth-order valence-electron chi connectivity index (χ4n) is 1.61. The Morgan fingerprint density at radius 3 is 2.54 bits per heavy atom. The molecule has 13 heavy (non-hydrogen) atoms. The first-order chi connectivity index (χ1) is 6.45. The van der Waals surface area contributed by atoms with Gasteiger partial charge in [0.1, 0.15) is 0 Å². The van der Waals surface area contributed by atoms with E-state index in [2.05, 4.69) is 42.5 Å². The number of hydrogen-bond donors (Lipinski definition) is 0. The first kappa shape index (κ1) is 8.31. The molecule has 0 N–H and O–H groups in total. The van der Waals surface area contributed by atoms with Gasteiger partial charge in [-0.15, -0.1) is 0 Å². The Morgan fingerprint density at radius 1 is 1.00 bits per heavy atom. The van der Waals surface area contributed by atoms with Crippen molar-refractivity contribution in [2.24, 2.45) is 0 Å². The summed E-state index contributed by atoms with van der Waals surface area (Å²) in [4.78, 5) is 0. The maximum Gasteiger partial charge on any atom is -0.0257 e. The van der Waals surface area contributed by atoms with E-state index < -0.39 is 0 Å². The van der Waals surface area contributed by atoms with E-state index in [1.165, 1.54) is 30.4 Å². The van der Waals surface area contributed by atoms with E-state index >= 15 is 0 Å². The highest BCUT2D eigenvalue weighted by atomic mass is 14.0. The highest BCUT2D eigenvalue weighted by molar-refractivity contribution is 5.52. The van der Waals surface area contributed by atoms with E-state index in [0.717, 1.165) is 0 Å². The smallest absolute Gasteiger partial charge is 0.0257 e. The lowest BCUT2D eigenvalue weighted by molar-refractivity contribution is 0.916. The molecule has 1 aromatic rings. The van der Waals surface area contributed by atoms with Crippen molar-refractivity contribution in [1.29, 1.82) is 0 Å². The van der Waals surface area contributed by atoms with Gasteiger partial charge in [0.25, 0.3) is 0 Å². The van der Waals surface area contributed by atoms with Crippen LogP contribution < -0.4 is 0 Å². The molecule has 0 amide bonds. The Morgan fingerprint density at radius 2 is 1.85 bits per heavy atom. The fourth-order valence-corrected chi connectivity index (χ4v) is 1.61. The van der Waals surface area contributed by atoms with E-state index in [4.69, 9.17) is 0 Å². The van der Waals surface area contributed by atoms with Crippen LogP contribution in [-0.2, 0) is 0 Å². The summed E-state index contributed by atoms with van der Waals surface area (Å²) < 4.78 is 0. The third-order valence-corrected chi connectivity index (χ3v) is 2.37. The Hall–Kier alpha value is -1.30. The van der Waals surface area contributed by atoms with Gasteiger partial charge in [-0.05, 0) is 24.8 Å². The van der Waals surface area contributed by atoms with Crippen LogP contribution in [0.25, 0.3) is 6.08 Å². The van der Waals surface area contributed by atoms with Crippen molar-refractivity contribution < 1.29 is 0 Å². The molecule has 0 saturated carbocycles. The van der Waals surface area contributed by atoms with Crippen LogP contribution in [0.5, 0.6) is 0 Å². The predicted octanol–water partition coefficient (Wildman–Crippen LogP) is 3.81. The first-order valence-electron chi connectivity index (χ1n) is 4.87. The molecule has 0 aromatic heterocycles. The van der Waals surface area contributed by atoms with Crippen LogP contribution in [0.4, 0.5) is 0 Å². The van der Waals surface area contributed by atoms with Crippen LogP contribution in [0.1, 0.15) is 24.8 Å². The molecular formula is C13H14. The lowest BCUT2D eigenvalue weighted by atomic mass is 10.1. The summed E-state index contributed by atoms with van der Waals surface area (Å²) in [6.45, 7) is 0. The van der Waals surface area contributed by atoms with Gasteiger partial charge in [0.2, 0.25) is 0 Å². The molecule has 0 bridgehead atoms. The van der Waals surface area contributed by atoms with Crippen molar-refractivity contribution in [3.63, 3.8) is 0 Å². The lowest BCUT2D eigenvalue weighted by Gasteiger charge is -1.92. The van der Waals surface area contributed by atoms with E-state index in [1.54, 1.807) is 0 Å². The summed E-state index contributed by atoms with van der Waals surface area (Å²) in [5, 5.41) is 0. The van der Waals surface area contributed by atoms with Crippen molar-refractivity contribution in [1.82, 2.24) is 0 Å². The molecule has 0 nitrogen and oxygen atoms in total. The van der Waals surface area contributed by atoms with Gasteiger partial charge in [-0.2, -0.15) is 0 Å². The third kappa shape index (κ3) is 2.32. The van der Waals surface area contributed by atoms with E-state index in [1.807, 2.05) is 6.07 Å². The molecular weight excluding hydrogens is 156 g/mol. The SMILES string of the molecule is C1=C(/C=C/c2ccccc2)CCC1. The zero-order valence-electron chi connectivity index (χ0n) is 7.74. The largest absolute Gasteiger partial charge is 0.0813 e. The van der Waals surface area contributed by atoms with Crippen LogP contribution >= 0.6 is 0 Å². The average molecular weight is 170 g/mol. The number of allylic oxidation sites excluding steroid dienone is 3. The van der Waals surface area contributed by atoms with Gasteiger partial charge in [-0.1, -0.05) is 54.1 Å². The summed E-state index contributed by atoms with van der Waals surface area (Å²) >= 11 is 0. The minimum atomic E-state index is 1.25. The molecule has 0 atom stereocenters. The van der Waals surface area contributed by atoms with Crippen molar-refractivity contribution in [3.8, 4) is 0 Å². The number of rotatable bonds is 2. The van der Waals surface area contributed by atoms with Gasteiger partial charge in [-0.3, -0.25) is 0 Å². The average Bonchev–Trinajstić information content (AvgIpc) is 2.69. The molecule has 0 radical (unpaired) electrons. The van der Waals surface area contributed by atoms with Crippen LogP contribution in [0, 0.1) is 0 Å². The molecule has 0 heterocycles. The molecule has 1 aliphatic carbocycles. The van der Waals surface area contributed by atoms with E-state index in [-0.39, 0.29) is 0 Å². The summed E-state index contributed by atoms with van der Waals surface area (Å²) in [6.07, 6.45) is 10.6. The Labute approximate surface area is 79.6 Å². The summed E-state index contributed by atoms with van der Waals surface area (Å²) in [5.41, 5.74) is 2.78. The molecule has 0 heteroatoms. The first-order valence-corrected chi connectivity index (χ1v) is 4.87. The zero-order chi connectivity index (χ0) is 8.93. The van der Waals surface area contributed by atoms with Gasteiger partial charge in [0.15, 0.2) is 0 Å². The summed E-state index contributed by atoms with van der Waals surface area (Å²) in [5.74, 6) is 0. The summed E-state index contributed by atoms with van der Waals surface area (Å²) in [7, 11) is 0. The van der Waals surface area contributed by atoms with Gasteiger partial charge in [-0.25, -0.2) is 0 Å². The quantitative estimate of drug-likeness (QED) is 0.633. The second-order valence-electron chi connectivity index (χ2n) is 3.42. The van der Waals surface area contributed by atoms with Crippen molar-refractivity contribution in [2.75, 3.05) is 0 Å². The van der Waals surface area contributed by atoms with Crippen LogP contribution in [0.15, 0.2) is 48.1 Å². The Bertz CT molecular complexity index is 317. The number of benzene rings is 1. The molecule has 2 rings (SSSR count). The summed E-state index contributed by atoms with van der Waals surface area (Å²) in [6, 6.07) is 10.5. The zero-order valence-corrected chi connectivity index (χ0v) is 7.74. The maximum atomic E-state index is 2.33. The standard InChI is InChI=1S/C13H14/c1-2-6-12(7-3-1)10-11-13-8-4-5-9-13/h1-3,6-8,10-11H,4-5,9H2/b11-10+. The molecule has 0 aliphatic heterocycles. The van der Waals surface area contributed by atoms with Gasteiger partial charge < -0.3 is 0 Å². The van der Waals surface area contributed by atoms with Gasteiger partial charge in [0.05, 0.1) is 0 Å². The van der Waals surface area contributed by atoms with Crippen molar-refractivity contribution in [2.45, 2.75) is 19.3 Å². The molecule has 0 spiro atoms. The normalized spacial score (nSPS) is 16.5. The molecule has 0 unspecified atom stereocenters. The third-order valence-electron chi connectivity index (χ3n) is 2.37. The monoisotopic (exact) mass is 170 g/mol. The molecule has 0 saturated heterocycles. The molecule has 66 valence electrons. The Kier molecular flexibility index (Phi) is 2.61. The lowest BCUT2D eigenvalue weighted by Crippen LogP contribution is -1.71. The Balaban J connectivity index is 2.05. The highest BCUT2D eigenvalue weighted by Crippen LogP contribution is 2.19. The topological polar surface area (TPSA) is 0 Å². The minimum absolute atomic E-state index is 1.25. The molecule has 1 aromatic carbocycles. The second-order valence-corrected chi connectivity index (χ2v) is 3.42. The van der Waals surface area contributed by atoms with Crippen LogP contribution in [0.2, 0.25) is 0 Å². The molecule has 1 aliphatic rings. The minimum Gasteiger partial charge on any atom is -0.0813 e. The second kappa shape index (κ2) is 4.08. The van der Waals surface area contributed by atoms with Crippen molar-refractivity contribution in [3.05, 3.63) is 53.6 Å². The van der Waals surface area contributed by atoms with Gasteiger partial charge >= 0.3 is 0 Å². The van der Waals surface area contributed by atoms with Crippen molar-refractivity contribution >= 4 is 6.08 Å². The van der Waals surface area contributed by atoms with E-state index in [0.29, 0.717) is 0 Å². The highest BCUT2D eigenvalue weighted by Gasteiger charge is 1.99. The van der Waals surface area contributed by atoms with Gasteiger partial charge in [0, 0.05) is 0 Å². The predicted molar refractivity (Wildman–Crippen MR) is 57.4 cm³/mol. The van der Waals surface area contributed by atoms with Crippen LogP contribution in [-0.4, -0.2) is 0 Å². The number of hydrogen-bond acceptors (Lipinski definition) is 0. The van der Waals surface area contributed by atoms with Crippen LogP contribution in [0.3, 0.4) is 0 Å².